The van der Waals surface area contributed by atoms with E-state index in [0.717, 1.165) is 13.1 Å². The molecule has 0 aliphatic carbocycles. The number of anilines is 1. The lowest BCUT2D eigenvalue weighted by Gasteiger charge is -2.36. The molecular formula is C12H14Cl2N2O. The second kappa shape index (κ2) is 5.61. The Morgan fingerprint density at radius 1 is 1.06 bits per heavy atom. The number of rotatable bonds is 2. The van der Waals surface area contributed by atoms with Gasteiger partial charge in [0.25, 0.3) is 5.91 Å². The van der Waals surface area contributed by atoms with Crippen molar-refractivity contribution in [2.75, 3.05) is 31.1 Å². The average Bonchev–Trinajstić information content (AvgIpc) is 2.39. The second-order valence-electron chi connectivity index (χ2n) is 3.95. The van der Waals surface area contributed by atoms with Crippen molar-refractivity contribution < 1.29 is 4.79 Å². The van der Waals surface area contributed by atoms with E-state index in [-0.39, 0.29) is 5.91 Å². The molecule has 92 valence electrons. The molecule has 0 aromatic heterocycles. The Bertz CT molecular complexity index is 375. The van der Waals surface area contributed by atoms with Gasteiger partial charge in [0.1, 0.15) is 0 Å². The zero-order valence-corrected chi connectivity index (χ0v) is 10.9. The van der Waals surface area contributed by atoms with E-state index in [1.165, 1.54) is 5.69 Å². The van der Waals surface area contributed by atoms with Gasteiger partial charge >= 0.3 is 0 Å². The Morgan fingerprint density at radius 2 is 1.65 bits per heavy atom. The predicted octanol–water partition coefficient (Wildman–Crippen LogP) is 2.14. The van der Waals surface area contributed by atoms with E-state index in [9.17, 15) is 4.79 Å². The number of halogens is 2. The van der Waals surface area contributed by atoms with Gasteiger partial charge in [-0.05, 0) is 12.1 Å². The van der Waals surface area contributed by atoms with Crippen LogP contribution in [0.15, 0.2) is 30.3 Å². The van der Waals surface area contributed by atoms with Crippen LogP contribution in [-0.2, 0) is 4.79 Å². The van der Waals surface area contributed by atoms with Crippen molar-refractivity contribution in [3.63, 3.8) is 0 Å². The summed E-state index contributed by atoms with van der Waals surface area (Å²) in [6.45, 7) is 2.97. The van der Waals surface area contributed by atoms with Gasteiger partial charge in [0, 0.05) is 31.9 Å². The number of piperazine rings is 1. The van der Waals surface area contributed by atoms with Gasteiger partial charge < -0.3 is 9.80 Å². The third-order valence-electron chi connectivity index (χ3n) is 2.90. The lowest BCUT2D eigenvalue weighted by molar-refractivity contribution is -0.129. The molecular weight excluding hydrogens is 259 g/mol. The van der Waals surface area contributed by atoms with Crippen molar-refractivity contribution in [2.24, 2.45) is 0 Å². The molecule has 1 heterocycles. The summed E-state index contributed by atoms with van der Waals surface area (Å²) in [5, 5.41) is 0. The fraction of sp³-hybridized carbons (Fsp3) is 0.417. The third kappa shape index (κ3) is 3.05. The summed E-state index contributed by atoms with van der Waals surface area (Å²) in [6.07, 6.45) is 0. The molecule has 0 radical (unpaired) electrons. The van der Waals surface area contributed by atoms with Crippen molar-refractivity contribution >= 4 is 34.8 Å². The molecule has 5 heteroatoms. The summed E-state index contributed by atoms with van der Waals surface area (Å²) >= 11 is 11.2. The summed E-state index contributed by atoms with van der Waals surface area (Å²) in [5.74, 6) is -0.193. The van der Waals surface area contributed by atoms with Crippen LogP contribution in [0.3, 0.4) is 0 Å². The molecule has 0 bridgehead atoms. The lowest BCUT2D eigenvalue weighted by atomic mass is 10.2. The van der Waals surface area contributed by atoms with E-state index in [4.69, 9.17) is 23.2 Å². The molecule has 2 rings (SSSR count). The standard InChI is InChI=1S/C12H14Cl2N2O/c13-11(14)12(17)16-8-6-15(7-9-16)10-4-2-1-3-5-10/h1-5,11H,6-9H2. The normalized spacial score (nSPS) is 16.4. The summed E-state index contributed by atoms with van der Waals surface area (Å²) in [7, 11) is 0. The van der Waals surface area contributed by atoms with Gasteiger partial charge in [-0.25, -0.2) is 0 Å². The van der Waals surface area contributed by atoms with Crippen LogP contribution in [0.4, 0.5) is 5.69 Å². The number of carbonyl (C=O) groups excluding carboxylic acids is 1. The maximum Gasteiger partial charge on any atom is 0.255 e. The molecule has 1 aromatic rings. The van der Waals surface area contributed by atoms with Crippen molar-refractivity contribution in [2.45, 2.75) is 4.84 Å². The maximum absolute atomic E-state index is 11.6. The quantitative estimate of drug-likeness (QED) is 0.771. The van der Waals surface area contributed by atoms with Crippen LogP contribution in [0.5, 0.6) is 0 Å². The first kappa shape index (κ1) is 12.5. The van der Waals surface area contributed by atoms with Crippen LogP contribution in [0.25, 0.3) is 0 Å². The third-order valence-corrected chi connectivity index (χ3v) is 3.27. The van der Waals surface area contributed by atoms with E-state index in [1.807, 2.05) is 18.2 Å². The second-order valence-corrected chi connectivity index (χ2v) is 5.04. The molecule has 1 aromatic carbocycles. The maximum atomic E-state index is 11.6. The fourth-order valence-corrected chi connectivity index (χ4v) is 2.24. The first-order chi connectivity index (χ1) is 8.18. The molecule has 3 nitrogen and oxygen atoms in total. The minimum absolute atomic E-state index is 0.193. The number of benzene rings is 1. The molecule has 0 atom stereocenters. The monoisotopic (exact) mass is 272 g/mol. The van der Waals surface area contributed by atoms with Gasteiger partial charge in [-0.15, -0.1) is 0 Å². The van der Waals surface area contributed by atoms with Crippen LogP contribution < -0.4 is 4.90 Å². The van der Waals surface area contributed by atoms with E-state index in [1.54, 1.807) is 4.90 Å². The number of hydrogen-bond acceptors (Lipinski definition) is 2. The van der Waals surface area contributed by atoms with Gasteiger partial charge in [-0.1, -0.05) is 41.4 Å². The van der Waals surface area contributed by atoms with Gasteiger partial charge in [0.05, 0.1) is 0 Å². The minimum Gasteiger partial charge on any atom is -0.368 e. The molecule has 17 heavy (non-hydrogen) atoms. The van der Waals surface area contributed by atoms with Crippen molar-refractivity contribution in [1.82, 2.24) is 4.90 Å². The predicted molar refractivity (Wildman–Crippen MR) is 70.7 cm³/mol. The first-order valence-electron chi connectivity index (χ1n) is 5.55. The SMILES string of the molecule is O=C(C(Cl)Cl)N1CCN(c2ccccc2)CC1. The van der Waals surface area contributed by atoms with E-state index in [2.05, 4.69) is 17.0 Å². The number of para-hydroxylation sites is 1. The Labute approximate surface area is 111 Å². The molecule has 0 saturated carbocycles. The van der Waals surface area contributed by atoms with E-state index >= 15 is 0 Å². The summed E-state index contributed by atoms with van der Waals surface area (Å²) < 4.78 is 0. The van der Waals surface area contributed by atoms with Crippen LogP contribution in [0, 0.1) is 0 Å². The van der Waals surface area contributed by atoms with Gasteiger partial charge in [0.15, 0.2) is 4.84 Å². The van der Waals surface area contributed by atoms with Gasteiger partial charge in [-0.2, -0.15) is 0 Å². The van der Waals surface area contributed by atoms with Crippen LogP contribution in [0.1, 0.15) is 0 Å². The highest BCUT2D eigenvalue weighted by molar-refractivity contribution is 6.53. The zero-order chi connectivity index (χ0) is 12.3. The number of amides is 1. The molecule has 0 N–H and O–H groups in total. The molecule has 1 fully saturated rings. The highest BCUT2D eigenvalue weighted by atomic mass is 35.5. The minimum atomic E-state index is -0.946. The Kier molecular flexibility index (Phi) is 4.13. The molecule has 1 amide bonds. The Morgan fingerprint density at radius 3 is 2.18 bits per heavy atom. The topological polar surface area (TPSA) is 23.6 Å². The summed E-state index contributed by atoms with van der Waals surface area (Å²) in [6, 6.07) is 10.2. The number of nitrogens with zero attached hydrogens (tertiary/aromatic N) is 2. The molecule has 1 saturated heterocycles. The lowest BCUT2D eigenvalue weighted by Crippen LogP contribution is -2.50. The highest BCUT2D eigenvalue weighted by Crippen LogP contribution is 2.17. The van der Waals surface area contributed by atoms with Crippen LogP contribution in [-0.4, -0.2) is 41.8 Å². The number of carbonyl (C=O) groups is 1. The largest absolute Gasteiger partial charge is 0.368 e. The van der Waals surface area contributed by atoms with Crippen molar-refractivity contribution in [1.29, 1.82) is 0 Å². The molecule has 1 aliphatic rings. The first-order valence-corrected chi connectivity index (χ1v) is 6.42. The summed E-state index contributed by atoms with van der Waals surface area (Å²) in [4.78, 5) is 14.6. The van der Waals surface area contributed by atoms with Gasteiger partial charge in [-0.3, -0.25) is 4.79 Å². The van der Waals surface area contributed by atoms with Gasteiger partial charge in [0.2, 0.25) is 0 Å². The van der Waals surface area contributed by atoms with Crippen LogP contribution in [0.2, 0.25) is 0 Å². The number of hydrogen-bond donors (Lipinski definition) is 0. The zero-order valence-electron chi connectivity index (χ0n) is 9.35. The molecule has 0 unspecified atom stereocenters. The molecule has 0 spiro atoms. The molecule has 1 aliphatic heterocycles. The van der Waals surface area contributed by atoms with Crippen molar-refractivity contribution in [3.05, 3.63) is 30.3 Å². The van der Waals surface area contributed by atoms with Crippen molar-refractivity contribution in [3.8, 4) is 0 Å². The van der Waals surface area contributed by atoms with Crippen LogP contribution >= 0.6 is 23.2 Å². The summed E-state index contributed by atoms with van der Waals surface area (Å²) in [5.41, 5.74) is 1.19. The Hall–Kier alpha value is -0.930. The highest BCUT2D eigenvalue weighted by Gasteiger charge is 2.24. The Balaban J connectivity index is 1.93. The number of alkyl halides is 2. The average molecular weight is 273 g/mol. The smallest absolute Gasteiger partial charge is 0.255 e. The van der Waals surface area contributed by atoms with E-state index in [0.29, 0.717) is 13.1 Å². The fourth-order valence-electron chi connectivity index (χ4n) is 1.96. The van der Waals surface area contributed by atoms with E-state index < -0.39 is 4.84 Å².